The van der Waals surface area contributed by atoms with Crippen LogP contribution in [0.25, 0.3) is 11.2 Å². The van der Waals surface area contributed by atoms with Gasteiger partial charge in [-0.15, -0.1) is 0 Å². The molecule has 9 nitrogen and oxygen atoms in total. The molecule has 0 saturated heterocycles. The summed E-state index contributed by atoms with van der Waals surface area (Å²) in [4.78, 5) is 28.6. The maximum Gasteiger partial charge on any atom is 0.332 e. The van der Waals surface area contributed by atoms with E-state index in [0.29, 0.717) is 17.1 Å². The number of benzene rings is 1. The highest BCUT2D eigenvalue weighted by Gasteiger charge is 2.16. The first-order valence-corrected chi connectivity index (χ1v) is 7.49. The van der Waals surface area contributed by atoms with E-state index < -0.39 is 11.2 Å². The molecule has 0 amide bonds. The number of hydrogen-bond acceptors (Lipinski definition) is 6. The summed E-state index contributed by atoms with van der Waals surface area (Å²) in [6, 6.07) is 7.38. The molecule has 0 aliphatic heterocycles. The smallest absolute Gasteiger partial charge is 0.332 e. The van der Waals surface area contributed by atoms with E-state index in [4.69, 9.17) is 4.74 Å². The van der Waals surface area contributed by atoms with Crippen LogP contribution < -0.4 is 21.4 Å². The molecule has 2 aromatic heterocycles. The molecule has 3 rings (SSSR count). The second kappa shape index (κ2) is 6.27. The Morgan fingerprint density at radius 3 is 2.40 bits per heavy atom. The van der Waals surface area contributed by atoms with E-state index in [-0.39, 0.29) is 0 Å². The quantitative estimate of drug-likeness (QED) is 0.548. The van der Waals surface area contributed by atoms with Crippen molar-refractivity contribution in [1.29, 1.82) is 0 Å². The maximum atomic E-state index is 12.3. The van der Waals surface area contributed by atoms with Gasteiger partial charge in [0.25, 0.3) is 5.56 Å². The number of imidazole rings is 1. The van der Waals surface area contributed by atoms with Crippen molar-refractivity contribution in [3.8, 4) is 5.75 Å². The molecule has 0 fully saturated rings. The van der Waals surface area contributed by atoms with Crippen molar-refractivity contribution in [3.05, 3.63) is 50.7 Å². The third-order valence-corrected chi connectivity index (χ3v) is 3.97. The number of methoxy groups -OCH3 is 1. The van der Waals surface area contributed by atoms with Gasteiger partial charge in [-0.3, -0.25) is 13.9 Å². The molecule has 0 aliphatic rings. The zero-order valence-electron chi connectivity index (χ0n) is 14.3. The number of hydrazone groups is 1. The first-order valence-electron chi connectivity index (χ1n) is 7.49. The van der Waals surface area contributed by atoms with Crippen molar-refractivity contribution in [1.82, 2.24) is 18.7 Å². The second-order valence-corrected chi connectivity index (χ2v) is 5.52. The van der Waals surface area contributed by atoms with Gasteiger partial charge < -0.3 is 9.30 Å². The van der Waals surface area contributed by atoms with Gasteiger partial charge in [-0.05, 0) is 29.8 Å². The molecule has 25 heavy (non-hydrogen) atoms. The third-order valence-electron chi connectivity index (χ3n) is 3.97. The molecule has 1 N–H and O–H groups in total. The Hall–Kier alpha value is -3.36. The molecular weight excluding hydrogens is 324 g/mol. The van der Waals surface area contributed by atoms with E-state index in [1.807, 2.05) is 24.3 Å². The molecule has 0 atom stereocenters. The van der Waals surface area contributed by atoms with E-state index in [1.165, 1.54) is 11.6 Å². The van der Waals surface area contributed by atoms with E-state index in [2.05, 4.69) is 15.5 Å². The number of nitrogens with one attached hydrogen (secondary N) is 1. The fourth-order valence-electron chi connectivity index (χ4n) is 2.47. The summed E-state index contributed by atoms with van der Waals surface area (Å²) in [5.74, 6) is 1.12. The van der Waals surface area contributed by atoms with Crippen LogP contribution in [0, 0.1) is 0 Å². The lowest BCUT2D eigenvalue weighted by Crippen LogP contribution is -2.37. The van der Waals surface area contributed by atoms with E-state index >= 15 is 0 Å². The highest BCUT2D eigenvalue weighted by molar-refractivity contribution is 5.80. The Balaban J connectivity index is 1.94. The predicted octanol–water partition coefficient (Wildman–Crippen LogP) is 0.425. The minimum Gasteiger partial charge on any atom is -0.497 e. The Kier molecular flexibility index (Phi) is 4.14. The molecule has 3 aromatic rings. The highest BCUT2D eigenvalue weighted by atomic mass is 16.5. The van der Waals surface area contributed by atoms with Crippen LogP contribution in [0.2, 0.25) is 0 Å². The topological polar surface area (TPSA) is 95.4 Å². The SMILES string of the molecule is COc1ccc(/C=N/Nc2nc3c(c(=O)n(C)c(=O)n3C)n2C)cc1. The van der Waals surface area contributed by atoms with Crippen LogP contribution in [-0.4, -0.2) is 32.0 Å². The molecule has 130 valence electrons. The summed E-state index contributed by atoms with van der Waals surface area (Å²) >= 11 is 0. The molecule has 0 spiro atoms. The van der Waals surface area contributed by atoms with Crippen LogP contribution >= 0.6 is 0 Å². The summed E-state index contributed by atoms with van der Waals surface area (Å²) in [5.41, 5.74) is 3.47. The van der Waals surface area contributed by atoms with Crippen LogP contribution in [0.4, 0.5) is 5.95 Å². The van der Waals surface area contributed by atoms with Gasteiger partial charge in [-0.1, -0.05) is 0 Å². The van der Waals surface area contributed by atoms with Gasteiger partial charge in [0, 0.05) is 21.1 Å². The Labute approximate surface area is 142 Å². The number of anilines is 1. The first-order chi connectivity index (χ1) is 11.9. The van der Waals surface area contributed by atoms with Crippen LogP contribution in [0.1, 0.15) is 5.56 Å². The summed E-state index contributed by atoms with van der Waals surface area (Å²) in [5, 5.41) is 4.13. The molecule has 0 unspecified atom stereocenters. The molecule has 9 heteroatoms. The summed E-state index contributed by atoms with van der Waals surface area (Å²) < 4.78 is 9.05. The zero-order valence-corrected chi connectivity index (χ0v) is 14.3. The summed E-state index contributed by atoms with van der Waals surface area (Å²) in [6.45, 7) is 0. The first kappa shape index (κ1) is 16.5. The van der Waals surface area contributed by atoms with Crippen molar-refractivity contribution in [3.63, 3.8) is 0 Å². The Morgan fingerprint density at radius 1 is 1.08 bits per heavy atom. The number of nitrogens with zero attached hydrogens (tertiary/aromatic N) is 5. The van der Waals surface area contributed by atoms with Gasteiger partial charge in [0.2, 0.25) is 5.95 Å². The van der Waals surface area contributed by atoms with Crippen molar-refractivity contribution < 1.29 is 4.74 Å². The zero-order chi connectivity index (χ0) is 18.1. The van der Waals surface area contributed by atoms with Crippen molar-refractivity contribution in [2.75, 3.05) is 12.5 Å². The van der Waals surface area contributed by atoms with Gasteiger partial charge in [-0.2, -0.15) is 10.1 Å². The highest BCUT2D eigenvalue weighted by Crippen LogP contribution is 2.13. The number of hydrogen-bond donors (Lipinski definition) is 1. The lowest BCUT2D eigenvalue weighted by atomic mass is 10.2. The minimum atomic E-state index is -0.427. The van der Waals surface area contributed by atoms with Gasteiger partial charge in [0.15, 0.2) is 11.2 Å². The molecule has 2 heterocycles. The normalized spacial score (nSPS) is 11.4. The Bertz CT molecular complexity index is 1070. The van der Waals surface area contributed by atoms with Gasteiger partial charge in [0.05, 0.1) is 13.3 Å². The standard InChI is InChI=1S/C16H18N6O3/c1-20-12-13(21(2)16(24)22(3)14(12)23)18-15(20)19-17-9-10-5-7-11(25-4)8-6-10/h5-9H,1-4H3,(H,18,19)/b17-9+. The fraction of sp³-hybridized carbons (Fsp3) is 0.250. The van der Waals surface area contributed by atoms with Crippen molar-refractivity contribution >= 4 is 23.3 Å². The Morgan fingerprint density at radius 2 is 1.76 bits per heavy atom. The van der Waals surface area contributed by atoms with Gasteiger partial charge in [-0.25, -0.2) is 10.2 Å². The lowest BCUT2D eigenvalue weighted by molar-refractivity contribution is 0.415. The third kappa shape index (κ3) is 2.80. The average Bonchev–Trinajstić information content (AvgIpc) is 2.95. The largest absolute Gasteiger partial charge is 0.497 e. The van der Waals surface area contributed by atoms with E-state index in [1.54, 1.807) is 32.0 Å². The van der Waals surface area contributed by atoms with Crippen LogP contribution in [0.3, 0.4) is 0 Å². The van der Waals surface area contributed by atoms with Crippen LogP contribution in [0.5, 0.6) is 5.75 Å². The fourth-order valence-corrected chi connectivity index (χ4v) is 2.47. The molecule has 0 saturated carbocycles. The van der Waals surface area contributed by atoms with Crippen LogP contribution in [0.15, 0.2) is 39.0 Å². The predicted molar refractivity (Wildman–Crippen MR) is 95.4 cm³/mol. The number of ether oxygens (including phenoxy) is 1. The molecule has 0 radical (unpaired) electrons. The maximum absolute atomic E-state index is 12.3. The van der Waals surface area contributed by atoms with E-state index in [9.17, 15) is 9.59 Å². The lowest BCUT2D eigenvalue weighted by Gasteiger charge is -2.03. The van der Waals surface area contributed by atoms with E-state index in [0.717, 1.165) is 15.9 Å². The number of fused-ring (bicyclic) bond motifs is 1. The molecule has 0 bridgehead atoms. The van der Waals surface area contributed by atoms with Gasteiger partial charge in [0.1, 0.15) is 5.75 Å². The molecule has 0 aliphatic carbocycles. The second-order valence-electron chi connectivity index (χ2n) is 5.52. The number of rotatable bonds is 4. The molecular formula is C16H18N6O3. The van der Waals surface area contributed by atoms with Crippen molar-refractivity contribution in [2.45, 2.75) is 0 Å². The summed E-state index contributed by atoms with van der Waals surface area (Å²) in [7, 11) is 6.30. The molecule has 1 aromatic carbocycles. The minimum absolute atomic E-state index is 0.303. The van der Waals surface area contributed by atoms with Crippen LogP contribution in [-0.2, 0) is 21.1 Å². The monoisotopic (exact) mass is 342 g/mol. The number of aryl methyl sites for hydroxylation is 2. The van der Waals surface area contributed by atoms with Crippen molar-refractivity contribution in [2.24, 2.45) is 26.2 Å². The van der Waals surface area contributed by atoms with Gasteiger partial charge >= 0.3 is 5.69 Å². The number of aromatic nitrogens is 4. The summed E-state index contributed by atoms with van der Waals surface area (Å²) in [6.07, 6.45) is 1.62. The average molecular weight is 342 g/mol.